The molecule has 0 spiro atoms. The quantitative estimate of drug-likeness (QED) is 0.855. The van der Waals surface area contributed by atoms with Gasteiger partial charge in [0.2, 0.25) is 5.91 Å². The van der Waals surface area contributed by atoms with Crippen molar-refractivity contribution in [3.8, 4) is 0 Å². The van der Waals surface area contributed by atoms with Gasteiger partial charge in [0.1, 0.15) is 0 Å². The summed E-state index contributed by atoms with van der Waals surface area (Å²) in [6.07, 6.45) is 4.11. The first-order valence-corrected chi connectivity index (χ1v) is 6.22. The van der Waals surface area contributed by atoms with Crippen molar-refractivity contribution in [1.82, 2.24) is 0 Å². The van der Waals surface area contributed by atoms with E-state index in [0.717, 1.165) is 18.7 Å². The molecule has 3 rings (SSSR count). The van der Waals surface area contributed by atoms with Crippen LogP contribution in [0.1, 0.15) is 24.0 Å². The standard InChI is InChI=1S/C14H18N2O/c1-16-12-3-2-10(6-11(12)7-13(16)17)8-14(9-15)4-5-14/h2-3,6H,4-5,7-9,15H2,1H3. The lowest BCUT2D eigenvalue weighted by molar-refractivity contribution is -0.117. The van der Waals surface area contributed by atoms with E-state index in [1.54, 1.807) is 4.90 Å². The number of likely N-dealkylation sites (N-methyl/N-ethyl adjacent to an activating group) is 1. The highest BCUT2D eigenvalue weighted by atomic mass is 16.2. The van der Waals surface area contributed by atoms with Gasteiger partial charge in [-0.1, -0.05) is 12.1 Å². The van der Waals surface area contributed by atoms with Gasteiger partial charge in [0.25, 0.3) is 0 Å². The topological polar surface area (TPSA) is 46.3 Å². The predicted octanol–water partition coefficient (Wildman–Crippen LogP) is 1.49. The summed E-state index contributed by atoms with van der Waals surface area (Å²) in [6.45, 7) is 0.781. The maximum atomic E-state index is 11.6. The SMILES string of the molecule is CN1C(=O)Cc2cc(CC3(CN)CC3)ccc21. The number of nitrogens with zero attached hydrogens (tertiary/aromatic N) is 1. The third-order valence-corrected chi connectivity index (χ3v) is 4.19. The maximum absolute atomic E-state index is 11.6. The number of benzene rings is 1. The van der Waals surface area contributed by atoms with Crippen molar-refractivity contribution in [2.45, 2.75) is 25.7 Å². The smallest absolute Gasteiger partial charge is 0.231 e. The van der Waals surface area contributed by atoms with Gasteiger partial charge in [0.05, 0.1) is 6.42 Å². The summed E-state index contributed by atoms with van der Waals surface area (Å²) in [5, 5.41) is 0. The molecule has 0 bridgehead atoms. The second kappa shape index (κ2) is 3.57. The molecule has 0 saturated heterocycles. The second-order valence-corrected chi connectivity index (χ2v) is 5.47. The number of rotatable bonds is 3. The third-order valence-electron chi connectivity index (χ3n) is 4.19. The van der Waals surface area contributed by atoms with Crippen LogP contribution in [0, 0.1) is 5.41 Å². The van der Waals surface area contributed by atoms with Crippen molar-refractivity contribution in [2.24, 2.45) is 11.1 Å². The van der Waals surface area contributed by atoms with Crippen LogP contribution in [0.15, 0.2) is 18.2 Å². The molecule has 3 nitrogen and oxygen atoms in total. The van der Waals surface area contributed by atoms with Crippen molar-refractivity contribution < 1.29 is 4.79 Å². The zero-order valence-electron chi connectivity index (χ0n) is 10.2. The number of hydrogen-bond donors (Lipinski definition) is 1. The minimum absolute atomic E-state index is 0.192. The number of nitrogens with two attached hydrogens (primary N) is 1. The van der Waals surface area contributed by atoms with E-state index in [1.807, 2.05) is 7.05 Å². The van der Waals surface area contributed by atoms with Crippen LogP contribution in [0.5, 0.6) is 0 Å². The van der Waals surface area contributed by atoms with Gasteiger partial charge >= 0.3 is 0 Å². The summed E-state index contributed by atoms with van der Waals surface area (Å²) < 4.78 is 0. The molecular weight excluding hydrogens is 212 g/mol. The second-order valence-electron chi connectivity index (χ2n) is 5.47. The van der Waals surface area contributed by atoms with E-state index < -0.39 is 0 Å². The molecule has 17 heavy (non-hydrogen) atoms. The molecule has 2 aliphatic rings. The van der Waals surface area contributed by atoms with Crippen LogP contribution < -0.4 is 10.6 Å². The van der Waals surface area contributed by atoms with Crippen molar-refractivity contribution in [3.05, 3.63) is 29.3 Å². The van der Waals surface area contributed by atoms with Gasteiger partial charge in [-0.25, -0.2) is 0 Å². The largest absolute Gasteiger partial charge is 0.330 e. The van der Waals surface area contributed by atoms with Gasteiger partial charge in [-0.3, -0.25) is 4.79 Å². The van der Waals surface area contributed by atoms with Crippen LogP contribution >= 0.6 is 0 Å². The van der Waals surface area contributed by atoms with Crippen molar-refractivity contribution in [3.63, 3.8) is 0 Å². The van der Waals surface area contributed by atoms with E-state index >= 15 is 0 Å². The summed E-state index contributed by atoms with van der Waals surface area (Å²) in [4.78, 5) is 13.3. The number of anilines is 1. The van der Waals surface area contributed by atoms with Crippen LogP contribution in [0.2, 0.25) is 0 Å². The van der Waals surface area contributed by atoms with Gasteiger partial charge in [0.15, 0.2) is 0 Å². The van der Waals surface area contributed by atoms with Crippen LogP contribution in [-0.4, -0.2) is 19.5 Å². The molecule has 0 unspecified atom stereocenters. The lowest BCUT2D eigenvalue weighted by Gasteiger charge is -2.14. The molecule has 1 aromatic carbocycles. The monoisotopic (exact) mass is 230 g/mol. The minimum atomic E-state index is 0.192. The molecule has 0 aromatic heterocycles. The zero-order valence-corrected chi connectivity index (χ0v) is 10.2. The van der Waals surface area contributed by atoms with E-state index in [9.17, 15) is 4.79 Å². The Morgan fingerprint density at radius 1 is 1.41 bits per heavy atom. The Morgan fingerprint density at radius 2 is 2.18 bits per heavy atom. The van der Waals surface area contributed by atoms with Gasteiger partial charge in [-0.05, 0) is 48.4 Å². The minimum Gasteiger partial charge on any atom is -0.330 e. The highest BCUT2D eigenvalue weighted by Gasteiger charge is 2.41. The summed E-state index contributed by atoms with van der Waals surface area (Å²) in [7, 11) is 1.84. The van der Waals surface area contributed by atoms with E-state index in [0.29, 0.717) is 11.8 Å². The number of carbonyl (C=O) groups is 1. The van der Waals surface area contributed by atoms with Crippen molar-refractivity contribution >= 4 is 11.6 Å². The molecular formula is C14H18N2O. The lowest BCUT2D eigenvalue weighted by atomic mass is 9.95. The zero-order chi connectivity index (χ0) is 12.0. The Bertz CT molecular complexity index is 477. The van der Waals surface area contributed by atoms with Gasteiger partial charge in [-0.15, -0.1) is 0 Å². The summed E-state index contributed by atoms with van der Waals surface area (Å²) in [5.74, 6) is 0.192. The molecule has 1 aliphatic heterocycles. The average molecular weight is 230 g/mol. The molecule has 1 aliphatic carbocycles. The first-order valence-electron chi connectivity index (χ1n) is 6.22. The molecule has 0 atom stereocenters. The Balaban J connectivity index is 1.85. The molecule has 1 aromatic rings. The summed E-state index contributed by atoms with van der Waals surface area (Å²) in [5.41, 5.74) is 9.74. The maximum Gasteiger partial charge on any atom is 0.231 e. The van der Waals surface area contributed by atoms with Gasteiger partial charge in [-0.2, -0.15) is 0 Å². The molecule has 0 radical (unpaired) electrons. The Morgan fingerprint density at radius 3 is 2.82 bits per heavy atom. The van der Waals surface area contributed by atoms with Crippen LogP contribution in [-0.2, 0) is 17.6 Å². The molecule has 3 heteroatoms. The van der Waals surface area contributed by atoms with E-state index in [1.165, 1.54) is 24.0 Å². The van der Waals surface area contributed by atoms with Crippen molar-refractivity contribution in [2.75, 3.05) is 18.5 Å². The van der Waals surface area contributed by atoms with Gasteiger partial charge < -0.3 is 10.6 Å². The molecule has 2 N–H and O–H groups in total. The highest BCUT2D eigenvalue weighted by molar-refractivity contribution is 6.00. The molecule has 1 fully saturated rings. The average Bonchev–Trinajstić information content (AvgIpc) is 3.03. The fourth-order valence-electron chi connectivity index (χ4n) is 2.70. The lowest BCUT2D eigenvalue weighted by Crippen LogP contribution is -2.20. The fraction of sp³-hybridized carbons (Fsp3) is 0.500. The Labute approximate surface area is 102 Å². The van der Waals surface area contributed by atoms with Crippen LogP contribution in [0.3, 0.4) is 0 Å². The number of carbonyl (C=O) groups excluding carboxylic acids is 1. The molecule has 90 valence electrons. The van der Waals surface area contributed by atoms with E-state index in [2.05, 4.69) is 18.2 Å². The van der Waals surface area contributed by atoms with E-state index in [-0.39, 0.29) is 5.91 Å². The van der Waals surface area contributed by atoms with Gasteiger partial charge in [0, 0.05) is 12.7 Å². The van der Waals surface area contributed by atoms with E-state index in [4.69, 9.17) is 5.73 Å². The van der Waals surface area contributed by atoms with Crippen LogP contribution in [0.25, 0.3) is 0 Å². The predicted molar refractivity (Wildman–Crippen MR) is 68.0 cm³/mol. The van der Waals surface area contributed by atoms with Crippen molar-refractivity contribution in [1.29, 1.82) is 0 Å². The third kappa shape index (κ3) is 1.75. The molecule has 1 heterocycles. The first-order chi connectivity index (χ1) is 8.13. The molecule has 1 saturated carbocycles. The normalized spacial score (nSPS) is 20.6. The fourth-order valence-corrected chi connectivity index (χ4v) is 2.70. The Hall–Kier alpha value is -1.35. The number of hydrogen-bond acceptors (Lipinski definition) is 2. The number of amides is 1. The number of fused-ring (bicyclic) bond motifs is 1. The summed E-state index contributed by atoms with van der Waals surface area (Å²) >= 11 is 0. The Kier molecular flexibility index (Phi) is 2.26. The molecule has 1 amide bonds. The first kappa shape index (κ1) is 10.8. The highest BCUT2D eigenvalue weighted by Crippen LogP contribution is 2.47. The summed E-state index contributed by atoms with van der Waals surface area (Å²) in [6, 6.07) is 6.40. The van der Waals surface area contributed by atoms with Crippen LogP contribution in [0.4, 0.5) is 5.69 Å².